The van der Waals surface area contributed by atoms with Gasteiger partial charge in [-0.15, -0.1) is 0 Å². The predicted octanol–water partition coefficient (Wildman–Crippen LogP) is 3.99. The Labute approximate surface area is 139 Å². The first-order valence-corrected chi connectivity index (χ1v) is 7.73. The fraction of sp³-hybridized carbons (Fsp3) is 0.278. The second-order valence-electron chi connectivity index (χ2n) is 5.80. The van der Waals surface area contributed by atoms with Crippen LogP contribution >= 0.6 is 11.6 Å². The van der Waals surface area contributed by atoms with E-state index >= 15 is 0 Å². The molecule has 0 N–H and O–H groups in total. The van der Waals surface area contributed by atoms with E-state index in [9.17, 15) is 4.79 Å². The van der Waals surface area contributed by atoms with Gasteiger partial charge in [0.1, 0.15) is 19.0 Å². The Morgan fingerprint density at radius 1 is 1.09 bits per heavy atom. The number of esters is 1. The summed E-state index contributed by atoms with van der Waals surface area (Å²) in [5.41, 5.74) is -0.0616. The lowest BCUT2D eigenvalue weighted by molar-refractivity contribution is -0.139. The smallest absolute Gasteiger partial charge is 0.321 e. The maximum Gasteiger partial charge on any atom is 0.321 e. The Bertz CT molecular complexity index is 740. The lowest BCUT2D eigenvalue weighted by atomic mass is 9.84. The lowest BCUT2D eigenvalue weighted by Crippen LogP contribution is -2.33. The van der Waals surface area contributed by atoms with Gasteiger partial charge in [0.25, 0.3) is 0 Å². The minimum Gasteiger partial charge on any atom is -0.486 e. The van der Waals surface area contributed by atoms with E-state index in [2.05, 4.69) is 0 Å². The Morgan fingerprint density at radius 3 is 2.52 bits per heavy atom. The van der Waals surface area contributed by atoms with Crippen LogP contribution < -0.4 is 14.2 Å². The summed E-state index contributed by atoms with van der Waals surface area (Å²) < 4.78 is 16.5. The summed E-state index contributed by atoms with van der Waals surface area (Å²) in [5, 5.41) is 0.402. The number of carbonyl (C=O) groups is 1. The zero-order chi connectivity index (χ0) is 16.4. The van der Waals surface area contributed by atoms with E-state index in [1.807, 2.05) is 18.2 Å². The van der Waals surface area contributed by atoms with Crippen molar-refractivity contribution in [1.29, 1.82) is 0 Å². The summed E-state index contributed by atoms with van der Waals surface area (Å²) in [5.74, 6) is 1.30. The van der Waals surface area contributed by atoms with Crippen LogP contribution in [-0.4, -0.2) is 19.2 Å². The molecule has 0 aliphatic carbocycles. The molecule has 1 aliphatic rings. The SMILES string of the molecule is CC(C)(C(=O)Oc1ccccc1Cl)c1ccc2c(c1)OCCO2. The summed E-state index contributed by atoms with van der Waals surface area (Å²) in [6, 6.07) is 12.4. The molecule has 23 heavy (non-hydrogen) atoms. The van der Waals surface area contributed by atoms with E-state index in [-0.39, 0.29) is 5.97 Å². The molecule has 2 aromatic rings. The molecular weight excluding hydrogens is 316 g/mol. The Balaban J connectivity index is 1.85. The van der Waals surface area contributed by atoms with Gasteiger partial charge >= 0.3 is 5.97 Å². The van der Waals surface area contributed by atoms with Crippen LogP contribution in [0.5, 0.6) is 17.2 Å². The van der Waals surface area contributed by atoms with Gasteiger partial charge in [-0.1, -0.05) is 29.8 Å². The monoisotopic (exact) mass is 332 g/mol. The second kappa shape index (κ2) is 6.13. The van der Waals surface area contributed by atoms with Gasteiger partial charge < -0.3 is 14.2 Å². The van der Waals surface area contributed by atoms with Gasteiger partial charge in [-0.3, -0.25) is 4.79 Å². The van der Waals surface area contributed by atoms with Gasteiger partial charge in [0.15, 0.2) is 11.5 Å². The molecule has 2 aromatic carbocycles. The summed E-state index contributed by atoms with van der Waals surface area (Å²) in [4.78, 5) is 12.6. The number of hydrogen-bond donors (Lipinski definition) is 0. The molecule has 0 saturated heterocycles. The highest BCUT2D eigenvalue weighted by molar-refractivity contribution is 6.32. The number of benzene rings is 2. The first-order valence-electron chi connectivity index (χ1n) is 7.35. The van der Waals surface area contributed by atoms with E-state index in [0.717, 1.165) is 5.56 Å². The minimum absolute atomic E-state index is 0.352. The maximum absolute atomic E-state index is 12.6. The molecule has 120 valence electrons. The van der Waals surface area contributed by atoms with E-state index in [1.165, 1.54) is 0 Å². The van der Waals surface area contributed by atoms with Crippen LogP contribution in [0.4, 0.5) is 0 Å². The van der Waals surface area contributed by atoms with E-state index in [4.69, 9.17) is 25.8 Å². The molecular formula is C18H17ClO4. The van der Waals surface area contributed by atoms with Crippen LogP contribution in [-0.2, 0) is 10.2 Å². The highest BCUT2D eigenvalue weighted by atomic mass is 35.5. The summed E-state index contributed by atoms with van der Waals surface area (Å²) in [7, 11) is 0. The molecule has 0 unspecified atom stereocenters. The normalized spacial score (nSPS) is 13.5. The molecule has 1 heterocycles. The molecule has 4 nitrogen and oxygen atoms in total. The summed E-state index contributed by atoms with van der Waals surface area (Å²) in [6.07, 6.45) is 0. The van der Waals surface area contributed by atoms with Crippen molar-refractivity contribution in [3.8, 4) is 17.2 Å². The minimum atomic E-state index is -0.852. The summed E-state index contributed by atoms with van der Waals surface area (Å²) >= 11 is 6.05. The first kappa shape index (κ1) is 15.7. The van der Waals surface area contributed by atoms with E-state index in [0.29, 0.717) is 35.5 Å². The fourth-order valence-corrected chi connectivity index (χ4v) is 2.48. The molecule has 0 radical (unpaired) electrons. The van der Waals surface area contributed by atoms with Crippen molar-refractivity contribution in [2.24, 2.45) is 0 Å². The zero-order valence-corrected chi connectivity index (χ0v) is 13.7. The third-order valence-corrected chi connectivity index (χ3v) is 4.13. The van der Waals surface area contributed by atoms with Gasteiger partial charge in [0.2, 0.25) is 0 Å². The predicted molar refractivity (Wildman–Crippen MR) is 87.5 cm³/mol. The number of ether oxygens (including phenoxy) is 3. The molecule has 0 saturated carbocycles. The number of para-hydroxylation sites is 1. The van der Waals surface area contributed by atoms with E-state index < -0.39 is 5.41 Å². The molecule has 3 rings (SSSR count). The lowest BCUT2D eigenvalue weighted by Gasteiger charge is -2.25. The molecule has 0 spiro atoms. The van der Waals surface area contributed by atoms with Crippen molar-refractivity contribution in [3.63, 3.8) is 0 Å². The van der Waals surface area contributed by atoms with Crippen molar-refractivity contribution in [2.45, 2.75) is 19.3 Å². The van der Waals surface area contributed by atoms with E-state index in [1.54, 1.807) is 38.1 Å². The van der Waals surface area contributed by atoms with Crippen LogP contribution in [0.1, 0.15) is 19.4 Å². The van der Waals surface area contributed by atoms with Crippen LogP contribution in [0.15, 0.2) is 42.5 Å². The van der Waals surface area contributed by atoms with Crippen molar-refractivity contribution < 1.29 is 19.0 Å². The molecule has 1 aliphatic heterocycles. The number of carbonyl (C=O) groups excluding carboxylic acids is 1. The van der Waals surface area contributed by atoms with Crippen LogP contribution in [0.2, 0.25) is 5.02 Å². The third-order valence-electron chi connectivity index (χ3n) is 3.81. The fourth-order valence-electron chi connectivity index (χ4n) is 2.30. The van der Waals surface area contributed by atoms with Gasteiger partial charge in [-0.25, -0.2) is 0 Å². The van der Waals surface area contributed by atoms with Gasteiger partial charge in [0, 0.05) is 0 Å². The molecule has 0 bridgehead atoms. The number of halogens is 1. The zero-order valence-electron chi connectivity index (χ0n) is 13.0. The number of fused-ring (bicyclic) bond motifs is 1. The summed E-state index contributed by atoms with van der Waals surface area (Å²) in [6.45, 7) is 4.64. The van der Waals surface area contributed by atoms with Crippen molar-refractivity contribution in [3.05, 3.63) is 53.1 Å². The number of rotatable bonds is 3. The second-order valence-corrected chi connectivity index (χ2v) is 6.21. The Hall–Kier alpha value is -2.20. The van der Waals surface area contributed by atoms with Gasteiger partial charge in [0.05, 0.1) is 10.4 Å². The van der Waals surface area contributed by atoms with Crippen LogP contribution in [0, 0.1) is 0 Å². The average Bonchev–Trinajstić information content (AvgIpc) is 2.56. The third kappa shape index (κ3) is 3.13. The first-order chi connectivity index (χ1) is 11.0. The van der Waals surface area contributed by atoms with Crippen molar-refractivity contribution in [1.82, 2.24) is 0 Å². The molecule has 5 heteroatoms. The topological polar surface area (TPSA) is 44.8 Å². The Kier molecular flexibility index (Phi) is 4.18. The average molecular weight is 333 g/mol. The standard InChI is InChI=1S/C18H17ClO4/c1-18(2,17(20)23-14-6-4-3-5-13(14)19)12-7-8-15-16(11-12)22-10-9-21-15/h3-8,11H,9-10H2,1-2H3. The van der Waals surface area contributed by atoms with Gasteiger partial charge in [-0.05, 0) is 43.7 Å². The van der Waals surface area contributed by atoms with Crippen molar-refractivity contribution in [2.75, 3.05) is 13.2 Å². The quantitative estimate of drug-likeness (QED) is 0.629. The molecule has 0 fully saturated rings. The maximum atomic E-state index is 12.6. The Morgan fingerprint density at radius 2 is 1.78 bits per heavy atom. The van der Waals surface area contributed by atoms with Crippen molar-refractivity contribution >= 4 is 17.6 Å². The number of hydrogen-bond acceptors (Lipinski definition) is 4. The molecule has 0 atom stereocenters. The highest BCUT2D eigenvalue weighted by Crippen LogP contribution is 2.36. The highest BCUT2D eigenvalue weighted by Gasteiger charge is 2.33. The van der Waals surface area contributed by atoms with Crippen LogP contribution in [0.25, 0.3) is 0 Å². The van der Waals surface area contributed by atoms with Crippen LogP contribution in [0.3, 0.4) is 0 Å². The molecule has 0 aromatic heterocycles. The van der Waals surface area contributed by atoms with Gasteiger partial charge in [-0.2, -0.15) is 0 Å². The molecule has 0 amide bonds. The largest absolute Gasteiger partial charge is 0.486 e.